The first-order chi connectivity index (χ1) is 9.85. The molecule has 3 heterocycles. The fourth-order valence-corrected chi connectivity index (χ4v) is 2.92. The Morgan fingerprint density at radius 3 is 3.00 bits per heavy atom. The van der Waals surface area contributed by atoms with E-state index in [4.69, 9.17) is 5.26 Å². The van der Waals surface area contributed by atoms with Crippen LogP contribution >= 0.6 is 23.1 Å². The van der Waals surface area contributed by atoms with Gasteiger partial charge in [-0.3, -0.25) is 0 Å². The van der Waals surface area contributed by atoms with E-state index in [1.54, 1.807) is 28.2 Å². The molecule has 0 saturated heterocycles. The molecule has 3 aromatic heterocycles. The van der Waals surface area contributed by atoms with E-state index in [0.717, 1.165) is 5.03 Å². The molecule has 0 aliphatic heterocycles. The van der Waals surface area contributed by atoms with Crippen LogP contribution in [0.3, 0.4) is 0 Å². The Labute approximate surface area is 123 Å². The second-order valence-corrected chi connectivity index (χ2v) is 5.82. The molecule has 3 aromatic rings. The van der Waals surface area contributed by atoms with E-state index in [2.05, 4.69) is 20.5 Å². The third kappa shape index (κ3) is 2.84. The van der Waals surface area contributed by atoms with Gasteiger partial charge >= 0.3 is 0 Å². The second kappa shape index (κ2) is 5.81. The van der Waals surface area contributed by atoms with E-state index in [9.17, 15) is 0 Å². The Balaban J connectivity index is 1.77. The van der Waals surface area contributed by atoms with Crippen molar-refractivity contribution in [3.05, 3.63) is 46.3 Å². The topological polar surface area (TPSA) is 80.3 Å². The molecule has 0 atom stereocenters. The number of tetrazole rings is 1. The maximum atomic E-state index is 8.74. The molecule has 98 valence electrons. The van der Waals surface area contributed by atoms with Gasteiger partial charge in [0, 0.05) is 11.1 Å². The van der Waals surface area contributed by atoms with Crippen LogP contribution < -0.4 is 0 Å². The first-order valence-electron chi connectivity index (χ1n) is 5.68. The standard InChI is InChI=1S/C12H8N6S2/c13-6-9-3-4-11(14-7-9)20-12-15-16-17-18(12)8-10-2-1-5-19-10/h1-5,7H,8H2. The van der Waals surface area contributed by atoms with Gasteiger partial charge in [0.1, 0.15) is 11.1 Å². The summed E-state index contributed by atoms with van der Waals surface area (Å²) in [6.07, 6.45) is 1.54. The number of pyridine rings is 1. The minimum atomic E-state index is 0.535. The van der Waals surface area contributed by atoms with Crippen LogP contribution in [0.5, 0.6) is 0 Å². The Morgan fingerprint density at radius 1 is 1.35 bits per heavy atom. The molecule has 0 saturated carbocycles. The van der Waals surface area contributed by atoms with Crippen molar-refractivity contribution in [2.24, 2.45) is 0 Å². The molecule has 0 amide bonds. The predicted octanol–water partition coefficient (Wildman–Crippen LogP) is 2.20. The van der Waals surface area contributed by atoms with Crippen LogP contribution in [0.25, 0.3) is 0 Å². The summed E-state index contributed by atoms with van der Waals surface area (Å²) in [5.74, 6) is 0. The van der Waals surface area contributed by atoms with E-state index in [0.29, 0.717) is 17.3 Å². The average Bonchev–Trinajstić information content (AvgIpc) is 3.13. The van der Waals surface area contributed by atoms with Gasteiger partial charge in [-0.2, -0.15) is 5.26 Å². The van der Waals surface area contributed by atoms with Gasteiger partial charge in [-0.1, -0.05) is 6.07 Å². The molecule has 0 bridgehead atoms. The first kappa shape index (κ1) is 12.8. The van der Waals surface area contributed by atoms with Crippen LogP contribution in [0.1, 0.15) is 10.4 Å². The Morgan fingerprint density at radius 2 is 2.30 bits per heavy atom. The summed E-state index contributed by atoms with van der Waals surface area (Å²) in [7, 11) is 0. The molecule has 3 rings (SSSR count). The maximum absolute atomic E-state index is 8.74. The zero-order valence-corrected chi connectivity index (χ0v) is 11.8. The lowest BCUT2D eigenvalue weighted by atomic mass is 10.3. The van der Waals surface area contributed by atoms with Gasteiger partial charge in [0.15, 0.2) is 0 Å². The van der Waals surface area contributed by atoms with E-state index in [1.165, 1.54) is 22.8 Å². The summed E-state index contributed by atoms with van der Waals surface area (Å²) in [6, 6.07) is 9.59. The lowest BCUT2D eigenvalue weighted by Crippen LogP contribution is -2.02. The predicted molar refractivity (Wildman–Crippen MR) is 74.3 cm³/mol. The summed E-state index contributed by atoms with van der Waals surface area (Å²) in [5, 5.41) is 23.9. The average molecular weight is 300 g/mol. The molecule has 0 aliphatic carbocycles. The summed E-state index contributed by atoms with van der Waals surface area (Å²) in [4.78, 5) is 5.38. The highest BCUT2D eigenvalue weighted by Crippen LogP contribution is 2.24. The van der Waals surface area contributed by atoms with Crippen molar-refractivity contribution in [3.8, 4) is 6.07 Å². The summed E-state index contributed by atoms with van der Waals surface area (Å²) >= 11 is 3.04. The van der Waals surface area contributed by atoms with Crippen LogP contribution in [0.15, 0.2) is 46.0 Å². The highest BCUT2D eigenvalue weighted by molar-refractivity contribution is 7.99. The van der Waals surface area contributed by atoms with E-state index < -0.39 is 0 Å². The molecule has 20 heavy (non-hydrogen) atoms. The smallest absolute Gasteiger partial charge is 0.215 e. The largest absolute Gasteiger partial charge is 0.248 e. The molecule has 0 spiro atoms. The zero-order chi connectivity index (χ0) is 13.8. The molecule has 0 aromatic carbocycles. The number of nitriles is 1. The van der Waals surface area contributed by atoms with Crippen molar-refractivity contribution in [2.45, 2.75) is 16.7 Å². The maximum Gasteiger partial charge on any atom is 0.215 e. The second-order valence-electron chi connectivity index (χ2n) is 3.80. The van der Waals surface area contributed by atoms with Crippen LogP contribution in [0, 0.1) is 11.3 Å². The van der Waals surface area contributed by atoms with Crippen molar-refractivity contribution in [1.29, 1.82) is 5.26 Å². The minimum absolute atomic E-state index is 0.535. The van der Waals surface area contributed by atoms with Gasteiger partial charge in [-0.05, 0) is 45.8 Å². The SMILES string of the molecule is N#Cc1ccc(Sc2nnnn2Cc2cccs2)nc1. The highest BCUT2D eigenvalue weighted by Gasteiger charge is 2.10. The number of nitrogens with zero attached hydrogens (tertiary/aromatic N) is 6. The van der Waals surface area contributed by atoms with Gasteiger partial charge in [0.05, 0.1) is 12.1 Å². The molecule has 0 fully saturated rings. The third-order valence-electron chi connectivity index (χ3n) is 2.45. The van der Waals surface area contributed by atoms with Gasteiger partial charge in [0.2, 0.25) is 5.16 Å². The summed E-state index contributed by atoms with van der Waals surface area (Å²) in [6.45, 7) is 0.642. The van der Waals surface area contributed by atoms with Gasteiger partial charge in [-0.25, -0.2) is 9.67 Å². The Kier molecular flexibility index (Phi) is 3.71. The number of hydrogen-bond acceptors (Lipinski definition) is 7. The van der Waals surface area contributed by atoms with Gasteiger partial charge in [0.25, 0.3) is 0 Å². The quantitative estimate of drug-likeness (QED) is 0.735. The third-order valence-corrected chi connectivity index (χ3v) is 4.23. The highest BCUT2D eigenvalue weighted by atomic mass is 32.2. The molecular weight excluding hydrogens is 292 g/mol. The van der Waals surface area contributed by atoms with Crippen molar-refractivity contribution < 1.29 is 0 Å². The zero-order valence-electron chi connectivity index (χ0n) is 10.2. The molecular formula is C12H8N6S2. The van der Waals surface area contributed by atoms with Crippen molar-refractivity contribution in [2.75, 3.05) is 0 Å². The number of rotatable bonds is 4. The normalized spacial score (nSPS) is 10.3. The molecule has 0 unspecified atom stereocenters. The summed E-state index contributed by atoms with van der Waals surface area (Å²) < 4.78 is 1.73. The lowest BCUT2D eigenvalue weighted by Gasteiger charge is -2.02. The van der Waals surface area contributed by atoms with Gasteiger partial charge < -0.3 is 0 Å². The van der Waals surface area contributed by atoms with Crippen molar-refractivity contribution in [1.82, 2.24) is 25.2 Å². The summed E-state index contributed by atoms with van der Waals surface area (Å²) in [5.41, 5.74) is 0.535. The fraction of sp³-hybridized carbons (Fsp3) is 0.0833. The molecule has 8 heteroatoms. The van der Waals surface area contributed by atoms with Crippen LogP contribution in [-0.4, -0.2) is 25.2 Å². The Hall–Kier alpha value is -2.24. The molecule has 0 radical (unpaired) electrons. The van der Waals surface area contributed by atoms with Crippen LogP contribution in [0.2, 0.25) is 0 Å². The van der Waals surface area contributed by atoms with E-state index >= 15 is 0 Å². The van der Waals surface area contributed by atoms with Crippen LogP contribution in [-0.2, 0) is 6.54 Å². The minimum Gasteiger partial charge on any atom is -0.248 e. The van der Waals surface area contributed by atoms with Crippen molar-refractivity contribution >= 4 is 23.1 Å². The molecule has 0 aliphatic rings. The number of thiophene rings is 1. The van der Waals surface area contributed by atoms with E-state index in [1.807, 2.05) is 23.6 Å². The van der Waals surface area contributed by atoms with E-state index in [-0.39, 0.29) is 0 Å². The number of aromatic nitrogens is 5. The van der Waals surface area contributed by atoms with Crippen molar-refractivity contribution in [3.63, 3.8) is 0 Å². The Bertz CT molecular complexity index is 726. The first-order valence-corrected chi connectivity index (χ1v) is 7.37. The fourth-order valence-electron chi connectivity index (χ4n) is 1.52. The number of hydrogen-bond donors (Lipinski definition) is 0. The monoisotopic (exact) mass is 300 g/mol. The lowest BCUT2D eigenvalue weighted by molar-refractivity contribution is 0.608. The molecule has 0 N–H and O–H groups in total. The van der Waals surface area contributed by atoms with Crippen LogP contribution in [0.4, 0.5) is 0 Å². The molecule has 6 nitrogen and oxygen atoms in total. The van der Waals surface area contributed by atoms with Gasteiger partial charge in [-0.15, -0.1) is 16.4 Å².